The summed E-state index contributed by atoms with van der Waals surface area (Å²) in [4.78, 5) is 0. The molecule has 2 aromatic rings. The van der Waals surface area contributed by atoms with Gasteiger partial charge < -0.3 is 0 Å². The molecule has 0 nitrogen and oxygen atoms in total. The molecular weight excluding hydrogens is 560 g/mol. The third-order valence-corrected chi connectivity index (χ3v) is 7.61. The van der Waals surface area contributed by atoms with Crippen molar-refractivity contribution in [2.45, 2.75) is 58.8 Å². The molecule has 0 saturated carbocycles. The summed E-state index contributed by atoms with van der Waals surface area (Å²) < 4.78 is -0.417. The van der Waals surface area contributed by atoms with Gasteiger partial charge in [-0.3, -0.25) is 0 Å². The van der Waals surface area contributed by atoms with Crippen LogP contribution in [0.25, 0.3) is 10.8 Å². The minimum absolute atomic E-state index is 0.200. The third kappa shape index (κ3) is 4.86. The van der Waals surface area contributed by atoms with Crippen molar-refractivity contribution >= 4 is 74.5 Å². The first-order chi connectivity index (χ1) is 11.3. The van der Waals surface area contributed by atoms with Gasteiger partial charge in [0.25, 0.3) is 0 Å². The zero-order chi connectivity index (χ0) is 17.8. The normalized spacial score (nSPS) is 12.8. The molecule has 0 spiro atoms. The van der Waals surface area contributed by atoms with Crippen LogP contribution in [0, 0.1) is 0 Å². The van der Waals surface area contributed by atoms with Gasteiger partial charge in [0.05, 0.1) is 0 Å². The average Bonchev–Trinajstić information content (AvgIpc) is 2.57. The summed E-state index contributed by atoms with van der Waals surface area (Å²) in [5.41, 5.74) is 2.64. The van der Waals surface area contributed by atoms with Gasteiger partial charge in [-0.25, -0.2) is 0 Å². The molecule has 2 rings (SSSR count). The van der Waals surface area contributed by atoms with Crippen LogP contribution in [0.15, 0.2) is 36.4 Å². The first-order valence-corrected chi connectivity index (χ1v) is 11.8. The first-order valence-electron chi connectivity index (χ1n) is 8.62. The molecule has 0 fully saturated rings. The Morgan fingerprint density at radius 1 is 0.750 bits per heavy atom. The fraction of sp³-hybridized carbons (Fsp3) is 0.500. The van der Waals surface area contributed by atoms with Crippen molar-refractivity contribution in [1.82, 2.24) is 0 Å². The lowest BCUT2D eigenvalue weighted by atomic mass is 9.91. The molecule has 0 heterocycles. The minimum atomic E-state index is -0.217. The van der Waals surface area contributed by atoms with E-state index in [-0.39, 0.29) is 6.47 Å². The molecule has 0 N–H and O–H groups in total. The predicted molar refractivity (Wildman–Crippen MR) is 122 cm³/mol. The number of alkyl halides is 4. The summed E-state index contributed by atoms with van der Waals surface area (Å²) >= 11 is 15.9. The molecular formula is C20H24Br4. The number of halogens is 4. The van der Waals surface area contributed by atoms with E-state index in [4.69, 9.17) is 0 Å². The molecule has 0 aliphatic carbocycles. The largest absolute Gasteiger partial charge is 0.106 e. The lowest BCUT2D eigenvalue weighted by molar-refractivity contribution is 0.665. The molecule has 0 aliphatic rings. The minimum Gasteiger partial charge on any atom is -0.0674 e. The number of rotatable bonds is 8. The van der Waals surface area contributed by atoms with Crippen molar-refractivity contribution in [2.24, 2.45) is 0 Å². The highest BCUT2D eigenvalue weighted by Gasteiger charge is 2.36. The third-order valence-electron chi connectivity index (χ3n) is 4.38. The maximum atomic E-state index is 4.00. The van der Waals surface area contributed by atoms with E-state index in [2.05, 4.69) is 114 Å². The Morgan fingerprint density at radius 2 is 1.33 bits per heavy atom. The van der Waals surface area contributed by atoms with Gasteiger partial charge in [-0.05, 0) is 34.7 Å². The summed E-state index contributed by atoms with van der Waals surface area (Å²) in [5.74, 6) is 0. The highest BCUT2D eigenvalue weighted by Crippen LogP contribution is 2.53. The molecule has 0 radical (unpaired) electrons. The van der Waals surface area contributed by atoms with Crippen LogP contribution in [0.3, 0.4) is 0 Å². The van der Waals surface area contributed by atoms with Crippen LogP contribution in [-0.4, -0.2) is 0 Å². The van der Waals surface area contributed by atoms with Crippen LogP contribution in [0.2, 0.25) is 0 Å². The van der Waals surface area contributed by atoms with E-state index in [1.165, 1.54) is 47.6 Å². The maximum Gasteiger partial charge on any atom is 0.106 e. The molecule has 2 aromatic carbocycles. The summed E-state index contributed by atoms with van der Waals surface area (Å²) in [7, 11) is 0. The van der Waals surface area contributed by atoms with Gasteiger partial charge >= 0.3 is 0 Å². The molecule has 0 saturated heterocycles. The van der Waals surface area contributed by atoms with Crippen LogP contribution in [0.4, 0.5) is 0 Å². The second-order valence-corrected chi connectivity index (χ2v) is 13.9. The second-order valence-electron chi connectivity index (χ2n) is 6.33. The highest BCUT2D eigenvalue weighted by atomic mass is 79.9. The quantitative estimate of drug-likeness (QED) is 0.272. The second kappa shape index (κ2) is 9.01. The van der Waals surface area contributed by atoms with E-state index >= 15 is 0 Å². The molecule has 0 bridgehead atoms. The van der Waals surface area contributed by atoms with E-state index in [1.54, 1.807) is 0 Å². The highest BCUT2D eigenvalue weighted by molar-refractivity contribution is 9.25. The molecule has 4 heteroatoms. The standard InChI is InChI=1S/C20H24Br4/c1-3-5-13-19(21,22)17-12-11-15-9-7-8-10-16(15)18(17)20(23,24)14-6-4-2/h7-12H,3-6,13-14H2,1-2H3. The fourth-order valence-electron chi connectivity index (χ4n) is 3.03. The van der Waals surface area contributed by atoms with Crippen LogP contribution in [0.5, 0.6) is 0 Å². The fourth-order valence-corrected chi connectivity index (χ4v) is 5.66. The van der Waals surface area contributed by atoms with E-state index in [1.807, 2.05) is 0 Å². The molecule has 0 amide bonds. The Morgan fingerprint density at radius 3 is 1.96 bits per heavy atom. The van der Waals surface area contributed by atoms with Crippen molar-refractivity contribution in [1.29, 1.82) is 0 Å². The Hall–Kier alpha value is 0.620. The summed E-state index contributed by atoms with van der Waals surface area (Å²) in [5, 5.41) is 2.59. The molecule has 0 atom stereocenters. The van der Waals surface area contributed by atoms with Gasteiger partial charge in [0.1, 0.15) is 6.47 Å². The zero-order valence-corrected chi connectivity index (χ0v) is 20.6. The van der Waals surface area contributed by atoms with Crippen molar-refractivity contribution < 1.29 is 0 Å². The number of benzene rings is 2. The van der Waals surface area contributed by atoms with E-state index in [0.29, 0.717) is 0 Å². The Balaban J connectivity index is 2.64. The van der Waals surface area contributed by atoms with Crippen molar-refractivity contribution in [3.8, 4) is 0 Å². The average molecular weight is 584 g/mol. The predicted octanol–water partition coefficient (Wildman–Crippen LogP) is 9.11. The topological polar surface area (TPSA) is 0 Å². The summed E-state index contributed by atoms with van der Waals surface area (Å²) in [6, 6.07) is 13.1. The zero-order valence-electron chi connectivity index (χ0n) is 14.2. The Bertz CT molecular complexity index is 676. The number of hydrogen-bond donors (Lipinski definition) is 0. The van der Waals surface area contributed by atoms with Gasteiger partial charge in [0.15, 0.2) is 0 Å². The molecule has 24 heavy (non-hydrogen) atoms. The monoisotopic (exact) mass is 580 g/mol. The molecule has 0 aliphatic heterocycles. The molecule has 132 valence electrons. The summed E-state index contributed by atoms with van der Waals surface area (Å²) in [6.45, 7) is 4.47. The van der Waals surface area contributed by atoms with Gasteiger partial charge in [0.2, 0.25) is 0 Å². The Kier molecular flexibility index (Phi) is 7.86. The Labute approximate surface area is 179 Å². The van der Waals surface area contributed by atoms with Crippen molar-refractivity contribution in [2.75, 3.05) is 0 Å². The lowest BCUT2D eigenvalue weighted by Gasteiger charge is -2.31. The van der Waals surface area contributed by atoms with Crippen LogP contribution < -0.4 is 0 Å². The smallest absolute Gasteiger partial charge is 0.0674 e. The SMILES string of the molecule is CCCCC(Br)(Br)c1ccc2ccccc2c1C(Br)(Br)CCCC. The van der Waals surface area contributed by atoms with Gasteiger partial charge in [-0.15, -0.1) is 0 Å². The van der Waals surface area contributed by atoms with E-state index in [9.17, 15) is 0 Å². The van der Waals surface area contributed by atoms with E-state index in [0.717, 1.165) is 12.8 Å². The van der Waals surface area contributed by atoms with Crippen LogP contribution in [-0.2, 0) is 6.47 Å². The maximum absolute atomic E-state index is 4.00. The molecule has 0 aromatic heterocycles. The summed E-state index contributed by atoms with van der Waals surface area (Å²) in [6.07, 6.45) is 6.82. The van der Waals surface area contributed by atoms with Crippen molar-refractivity contribution in [3.63, 3.8) is 0 Å². The molecule has 0 unspecified atom stereocenters. The van der Waals surface area contributed by atoms with Crippen LogP contribution >= 0.6 is 63.7 Å². The number of fused-ring (bicyclic) bond motifs is 1. The van der Waals surface area contributed by atoms with Gasteiger partial charge in [-0.2, -0.15) is 0 Å². The number of hydrogen-bond acceptors (Lipinski definition) is 0. The van der Waals surface area contributed by atoms with E-state index < -0.39 is 0 Å². The number of unbranched alkanes of at least 4 members (excludes halogenated alkanes) is 2. The lowest BCUT2D eigenvalue weighted by Crippen LogP contribution is -2.19. The van der Waals surface area contributed by atoms with Gasteiger partial charge in [-0.1, -0.05) is 140 Å². The first kappa shape index (κ1) is 20.9. The van der Waals surface area contributed by atoms with Crippen molar-refractivity contribution in [3.05, 3.63) is 47.5 Å². The van der Waals surface area contributed by atoms with Crippen LogP contribution in [0.1, 0.15) is 63.5 Å². The van der Waals surface area contributed by atoms with Gasteiger partial charge in [0, 0.05) is 0 Å².